The lowest BCUT2D eigenvalue weighted by Gasteiger charge is -2.17. The topological polar surface area (TPSA) is 55.8 Å². The minimum absolute atomic E-state index is 0.391. The standard InChI is InChI=1S/C43H81NO4/c1-5-7-9-11-13-15-17-19-21-23-25-27-29-31-33-35-39-47-42(45)41(37-38-44(3)4)43(46)48-40-36-34-32-30-28-26-24-22-20-18-16-14-12-10-8-6-2/h13,15,20,22,41H,5-12,14,16-19,21,23-40H2,1-4H3/b15-13-,22-20-. The van der Waals surface area contributed by atoms with Crippen molar-refractivity contribution in [3.05, 3.63) is 24.3 Å². The summed E-state index contributed by atoms with van der Waals surface area (Å²) in [6, 6.07) is 0. The van der Waals surface area contributed by atoms with Crippen LogP contribution in [0.2, 0.25) is 0 Å². The second-order valence-corrected chi connectivity index (χ2v) is 14.4. The van der Waals surface area contributed by atoms with Crippen molar-refractivity contribution in [3.63, 3.8) is 0 Å². The third-order valence-corrected chi connectivity index (χ3v) is 9.23. The Balaban J connectivity index is 3.85. The molecule has 0 aromatic heterocycles. The summed E-state index contributed by atoms with van der Waals surface area (Å²) < 4.78 is 11.1. The highest BCUT2D eigenvalue weighted by atomic mass is 16.6. The van der Waals surface area contributed by atoms with E-state index in [1.807, 2.05) is 19.0 Å². The quantitative estimate of drug-likeness (QED) is 0.0284. The van der Waals surface area contributed by atoms with Crippen molar-refractivity contribution in [3.8, 4) is 0 Å². The molecule has 0 aliphatic rings. The van der Waals surface area contributed by atoms with Crippen molar-refractivity contribution in [2.45, 2.75) is 200 Å². The van der Waals surface area contributed by atoms with Crippen molar-refractivity contribution < 1.29 is 19.1 Å². The summed E-state index contributed by atoms with van der Waals surface area (Å²) in [5.41, 5.74) is 0. The van der Waals surface area contributed by atoms with Gasteiger partial charge in [0.2, 0.25) is 0 Å². The van der Waals surface area contributed by atoms with Gasteiger partial charge in [0.05, 0.1) is 13.2 Å². The van der Waals surface area contributed by atoms with Crippen molar-refractivity contribution in [2.24, 2.45) is 5.92 Å². The first-order valence-corrected chi connectivity index (χ1v) is 20.8. The molecule has 0 bridgehead atoms. The number of hydrogen-bond donors (Lipinski definition) is 0. The van der Waals surface area contributed by atoms with E-state index in [9.17, 15) is 9.59 Å². The summed E-state index contributed by atoms with van der Waals surface area (Å²) in [6.07, 6.45) is 44.8. The molecule has 0 amide bonds. The van der Waals surface area contributed by atoms with Gasteiger partial charge in [0.1, 0.15) is 0 Å². The maximum Gasteiger partial charge on any atom is 0.320 e. The average molecular weight is 676 g/mol. The maximum absolute atomic E-state index is 12.8. The van der Waals surface area contributed by atoms with Crippen molar-refractivity contribution in [2.75, 3.05) is 33.9 Å². The molecule has 0 saturated heterocycles. The second kappa shape index (κ2) is 38.2. The predicted octanol–water partition coefficient (Wildman–Crippen LogP) is 12.7. The van der Waals surface area contributed by atoms with Gasteiger partial charge in [-0.3, -0.25) is 9.59 Å². The van der Waals surface area contributed by atoms with Crippen LogP contribution in [0.3, 0.4) is 0 Å². The Kier molecular flexibility index (Phi) is 36.9. The van der Waals surface area contributed by atoms with Gasteiger partial charge in [0, 0.05) is 0 Å². The van der Waals surface area contributed by atoms with Gasteiger partial charge in [-0.2, -0.15) is 0 Å². The van der Waals surface area contributed by atoms with E-state index in [1.165, 1.54) is 154 Å². The minimum atomic E-state index is -0.821. The molecule has 5 heteroatoms. The molecule has 0 radical (unpaired) electrons. The van der Waals surface area contributed by atoms with Crippen molar-refractivity contribution in [1.82, 2.24) is 4.90 Å². The molecule has 0 aliphatic heterocycles. The van der Waals surface area contributed by atoms with Gasteiger partial charge >= 0.3 is 11.9 Å². The molecule has 0 N–H and O–H groups in total. The lowest BCUT2D eigenvalue weighted by Crippen LogP contribution is -2.31. The number of rotatable bonds is 37. The highest BCUT2D eigenvalue weighted by molar-refractivity contribution is 5.94. The molecule has 0 heterocycles. The van der Waals surface area contributed by atoms with Crippen LogP contribution < -0.4 is 0 Å². The number of carbonyl (C=O) groups is 2. The first-order valence-electron chi connectivity index (χ1n) is 20.8. The molecule has 0 aromatic carbocycles. The van der Waals surface area contributed by atoms with Crippen LogP contribution in [0.15, 0.2) is 24.3 Å². The number of unbranched alkanes of at least 4 members (excludes halogenated alkanes) is 24. The molecule has 0 aromatic rings. The Morgan fingerprint density at radius 1 is 0.458 bits per heavy atom. The molecule has 5 nitrogen and oxygen atoms in total. The second-order valence-electron chi connectivity index (χ2n) is 14.4. The zero-order valence-electron chi connectivity index (χ0n) is 32.6. The van der Waals surface area contributed by atoms with Crippen LogP contribution in [-0.2, 0) is 19.1 Å². The van der Waals surface area contributed by atoms with Gasteiger partial charge < -0.3 is 14.4 Å². The summed E-state index contributed by atoms with van der Waals surface area (Å²) in [5, 5.41) is 0. The molecule has 1 atom stereocenters. The Morgan fingerprint density at radius 2 is 0.750 bits per heavy atom. The van der Waals surface area contributed by atoms with E-state index in [0.29, 0.717) is 26.2 Å². The molecule has 0 spiro atoms. The summed E-state index contributed by atoms with van der Waals surface area (Å²) in [5.74, 6) is -1.66. The van der Waals surface area contributed by atoms with Gasteiger partial charge in [0.15, 0.2) is 5.92 Å². The normalized spacial score (nSPS) is 12.4. The SMILES string of the molecule is CCCCC/C=C\CCCCCCCCCCCOC(=O)C(CCN(C)C)C(=O)OCCCCCCCC/C=C\CCCCCCCC. The smallest absolute Gasteiger partial charge is 0.320 e. The van der Waals surface area contributed by atoms with Crippen LogP contribution in [0.25, 0.3) is 0 Å². The fourth-order valence-corrected chi connectivity index (χ4v) is 5.97. The van der Waals surface area contributed by atoms with Gasteiger partial charge in [-0.15, -0.1) is 0 Å². The highest BCUT2D eigenvalue weighted by Gasteiger charge is 2.29. The summed E-state index contributed by atoms with van der Waals surface area (Å²) in [4.78, 5) is 27.6. The lowest BCUT2D eigenvalue weighted by atomic mass is 10.1. The molecular formula is C43H81NO4. The van der Waals surface area contributed by atoms with Crippen LogP contribution in [0.1, 0.15) is 200 Å². The van der Waals surface area contributed by atoms with Crippen LogP contribution in [0.5, 0.6) is 0 Å². The molecule has 0 aliphatic carbocycles. The van der Waals surface area contributed by atoms with Crippen molar-refractivity contribution in [1.29, 1.82) is 0 Å². The summed E-state index contributed by atoms with van der Waals surface area (Å²) >= 11 is 0. The van der Waals surface area contributed by atoms with Gasteiger partial charge in [-0.25, -0.2) is 0 Å². The molecule has 282 valence electrons. The van der Waals surface area contributed by atoms with Crippen LogP contribution >= 0.6 is 0 Å². The Bertz CT molecular complexity index is 747. The van der Waals surface area contributed by atoms with Gasteiger partial charge in [-0.05, 0) is 91.3 Å². The molecule has 0 fully saturated rings. The number of ether oxygens (including phenoxy) is 2. The van der Waals surface area contributed by atoms with Crippen LogP contribution in [0, 0.1) is 5.92 Å². The van der Waals surface area contributed by atoms with E-state index in [-0.39, 0.29) is 0 Å². The van der Waals surface area contributed by atoms with Gasteiger partial charge in [-0.1, -0.05) is 154 Å². The van der Waals surface area contributed by atoms with E-state index in [4.69, 9.17) is 9.47 Å². The van der Waals surface area contributed by atoms with E-state index >= 15 is 0 Å². The van der Waals surface area contributed by atoms with Crippen molar-refractivity contribution >= 4 is 11.9 Å². The number of carbonyl (C=O) groups excluding carboxylic acids is 2. The number of nitrogens with zero attached hydrogens (tertiary/aromatic N) is 1. The third kappa shape index (κ3) is 34.3. The van der Waals surface area contributed by atoms with E-state index in [2.05, 4.69) is 38.2 Å². The molecule has 1 unspecified atom stereocenters. The number of allylic oxidation sites excluding steroid dienone is 4. The zero-order chi connectivity index (χ0) is 35.2. The Morgan fingerprint density at radius 3 is 1.10 bits per heavy atom. The molecule has 0 rings (SSSR count). The Labute approximate surface area is 299 Å². The monoisotopic (exact) mass is 676 g/mol. The molecule has 0 saturated carbocycles. The van der Waals surface area contributed by atoms with Crippen LogP contribution in [0.4, 0.5) is 0 Å². The van der Waals surface area contributed by atoms with E-state index in [1.54, 1.807) is 0 Å². The minimum Gasteiger partial charge on any atom is -0.465 e. The van der Waals surface area contributed by atoms with E-state index < -0.39 is 17.9 Å². The molecule has 48 heavy (non-hydrogen) atoms. The first-order chi connectivity index (χ1) is 23.5. The molecular weight excluding hydrogens is 594 g/mol. The Hall–Kier alpha value is -1.62. The van der Waals surface area contributed by atoms with E-state index in [0.717, 1.165) is 25.7 Å². The predicted molar refractivity (Wildman–Crippen MR) is 207 cm³/mol. The van der Waals surface area contributed by atoms with Gasteiger partial charge in [0.25, 0.3) is 0 Å². The fraction of sp³-hybridized carbons (Fsp3) is 0.860. The first kappa shape index (κ1) is 46.4. The summed E-state index contributed by atoms with van der Waals surface area (Å²) in [6.45, 7) is 5.96. The number of esters is 2. The lowest BCUT2D eigenvalue weighted by molar-refractivity contribution is -0.162. The maximum atomic E-state index is 12.8. The van der Waals surface area contributed by atoms with Crippen LogP contribution in [-0.4, -0.2) is 50.7 Å². The average Bonchev–Trinajstić information content (AvgIpc) is 3.07. The largest absolute Gasteiger partial charge is 0.465 e. The fourth-order valence-electron chi connectivity index (χ4n) is 5.97. The summed E-state index contributed by atoms with van der Waals surface area (Å²) in [7, 11) is 3.91. The highest BCUT2D eigenvalue weighted by Crippen LogP contribution is 2.15. The zero-order valence-corrected chi connectivity index (χ0v) is 32.6. The number of hydrogen-bond acceptors (Lipinski definition) is 5. The third-order valence-electron chi connectivity index (χ3n) is 9.23.